The van der Waals surface area contributed by atoms with E-state index >= 15 is 0 Å². The number of ether oxygens (including phenoxy) is 1. The first-order valence-corrected chi connectivity index (χ1v) is 5.66. The summed E-state index contributed by atoms with van der Waals surface area (Å²) in [6.45, 7) is 0.499. The van der Waals surface area contributed by atoms with Gasteiger partial charge in [-0.1, -0.05) is 0 Å². The first-order chi connectivity index (χ1) is 8.43. The Hall–Kier alpha value is -1.05. The number of alkyl halides is 4. The number of nitrogens with zero attached hydrogens (tertiary/aromatic N) is 2. The highest BCUT2D eigenvalue weighted by Crippen LogP contribution is 2.22. The molecule has 0 unspecified atom stereocenters. The quantitative estimate of drug-likeness (QED) is 0.582. The number of guanidine groups is 1. The molecule has 106 valence electrons. The summed E-state index contributed by atoms with van der Waals surface area (Å²) in [5, 5.41) is 2.91. The Balaban J connectivity index is 2.14. The molecule has 0 saturated carbocycles. The van der Waals surface area contributed by atoms with Crippen LogP contribution in [0, 0.1) is 0 Å². The number of rotatable bonds is 6. The van der Waals surface area contributed by atoms with Gasteiger partial charge in [-0.2, -0.15) is 8.78 Å². The van der Waals surface area contributed by atoms with Crippen LogP contribution in [0.5, 0.6) is 0 Å². The standard InChI is InChI=1S/C10H17F4N3O/c1-17-5-2-3-15-9(17)16-4-6-18-7-10(13,14)8(11)12/h8H,2-7H2,1H3,(H,15,16). The molecule has 0 atom stereocenters. The van der Waals surface area contributed by atoms with Crippen LogP contribution in [0.25, 0.3) is 0 Å². The highest BCUT2D eigenvalue weighted by molar-refractivity contribution is 5.80. The lowest BCUT2D eigenvalue weighted by Crippen LogP contribution is -2.43. The fourth-order valence-electron chi connectivity index (χ4n) is 1.42. The second-order valence-electron chi connectivity index (χ2n) is 4.02. The Labute approximate surface area is 103 Å². The van der Waals surface area contributed by atoms with E-state index in [1.54, 1.807) is 0 Å². The second-order valence-corrected chi connectivity index (χ2v) is 4.02. The normalized spacial score (nSPS) is 17.0. The molecule has 0 bridgehead atoms. The minimum atomic E-state index is -4.08. The van der Waals surface area contributed by atoms with Gasteiger partial charge in [-0.25, -0.2) is 8.78 Å². The molecular weight excluding hydrogens is 254 g/mol. The topological polar surface area (TPSA) is 36.9 Å². The Morgan fingerprint density at radius 3 is 2.83 bits per heavy atom. The largest absolute Gasteiger partial charge is 0.373 e. The fraction of sp³-hybridized carbons (Fsp3) is 0.900. The number of aliphatic imine (C=N–C) groups is 1. The van der Waals surface area contributed by atoms with E-state index in [4.69, 9.17) is 0 Å². The summed E-state index contributed by atoms with van der Waals surface area (Å²) in [4.78, 5) is 6.09. The third kappa shape index (κ3) is 4.67. The summed E-state index contributed by atoms with van der Waals surface area (Å²) in [5.74, 6) is -3.41. The molecular formula is C10H17F4N3O. The van der Waals surface area contributed by atoms with E-state index in [0.717, 1.165) is 19.5 Å². The van der Waals surface area contributed by atoms with Crippen molar-refractivity contribution in [1.82, 2.24) is 10.2 Å². The molecule has 8 heteroatoms. The Kier molecular flexibility index (Phi) is 5.64. The van der Waals surface area contributed by atoms with Crippen molar-refractivity contribution in [2.45, 2.75) is 18.8 Å². The molecule has 1 aliphatic rings. The summed E-state index contributed by atoms with van der Waals surface area (Å²) in [6.07, 6.45) is -2.72. The summed E-state index contributed by atoms with van der Waals surface area (Å²) in [6, 6.07) is 0. The molecule has 0 aliphatic carbocycles. The molecule has 0 amide bonds. The second kappa shape index (κ2) is 6.77. The van der Waals surface area contributed by atoms with Gasteiger partial charge < -0.3 is 15.0 Å². The minimum absolute atomic E-state index is 0.0742. The van der Waals surface area contributed by atoms with Crippen LogP contribution in [-0.4, -0.2) is 63.1 Å². The summed E-state index contributed by atoms with van der Waals surface area (Å²) in [5.41, 5.74) is 0. The number of halogens is 4. The zero-order valence-corrected chi connectivity index (χ0v) is 10.1. The molecule has 0 radical (unpaired) electrons. The predicted molar refractivity (Wildman–Crippen MR) is 59.3 cm³/mol. The van der Waals surface area contributed by atoms with Crippen molar-refractivity contribution in [3.63, 3.8) is 0 Å². The van der Waals surface area contributed by atoms with Crippen LogP contribution in [0.15, 0.2) is 4.99 Å². The van der Waals surface area contributed by atoms with Crippen LogP contribution >= 0.6 is 0 Å². The molecule has 1 N–H and O–H groups in total. The number of hydrogen-bond donors (Lipinski definition) is 1. The van der Waals surface area contributed by atoms with Gasteiger partial charge in [0.2, 0.25) is 0 Å². The maximum atomic E-state index is 12.5. The zero-order chi connectivity index (χ0) is 13.6. The molecule has 0 aromatic carbocycles. The van der Waals surface area contributed by atoms with Crippen molar-refractivity contribution in [1.29, 1.82) is 0 Å². The van der Waals surface area contributed by atoms with Crippen molar-refractivity contribution in [3.05, 3.63) is 0 Å². The first-order valence-electron chi connectivity index (χ1n) is 5.66. The van der Waals surface area contributed by atoms with Gasteiger partial charge in [-0.05, 0) is 6.42 Å². The third-order valence-corrected chi connectivity index (χ3v) is 2.42. The van der Waals surface area contributed by atoms with E-state index in [2.05, 4.69) is 15.0 Å². The lowest BCUT2D eigenvalue weighted by atomic mass is 10.3. The summed E-state index contributed by atoms with van der Waals surface area (Å²) in [7, 11) is 1.86. The van der Waals surface area contributed by atoms with Gasteiger partial charge in [-0.3, -0.25) is 4.99 Å². The van der Waals surface area contributed by atoms with Crippen molar-refractivity contribution in [2.24, 2.45) is 4.99 Å². The summed E-state index contributed by atoms with van der Waals surface area (Å²) >= 11 is 0. The predicted octanol–water partition coefficient (Wildman–Crippen LogP) is 1.18. The van der Waals surface area contributed by atoms with Gasteiger partial charge in [0.05, 0.1) is 6.61 Å². The average Bonchev–Trinajstić information content (AvgIpc) is 2.30. The molecule has 1 aliphatic heterocycles. The molecule has 0 spiro atoms. The highest BCUT2D eigenvalue weighted by Gasteiger charge is 2.40. The maximum absolute atomic E-state index is 12.5. The fourth-order valence-corrected chi connectivity index (χ4v) is 1.42. The van der Waals surface area contributed by atoms with E-state index in [1.165, 1.54) is 0 Å². The van der Waals surface area contributed by atoms with E-state index in [9.17, 15) is 17.6 Å². The van der Waals surface area contributed by atoms with Gasteiger partial charge in [0, 0.05) is 26.7 Å². The van der Waals surface area contributed by atoms with Crippen LogP contribution < -0.4 is 5.32 Å². The van der Waals surface area contributed by atoms with E-state index in [-0.39, 0.29) is 13.2 Å². The monoisotopic (exact) mass is 271 g/mol. The zero-order valence-electron chi connectivity index (χ0n) is 10.1. The van der Waals surface area contributed by atoms with Crippen LogP contribution in [0.4, 0.5) is 17.6 Å². The Morgan fingerprint density at radius 2 is 2.22 bits per heavy atom. The SMILES string of the molecule is CN1CCCN=C1NCCOCC(F)(F)C(F)F. The van der Waals surface area contributed by atoms with Gasteiger partial charge in [-0.15, -0.1) is 0 Å². The van der Waals surface area contributed by atoms with Gasteiger partial charge in [0.1, 0.15) is 6.61 Å². The van der Waals surface area contributed by atoms with Crippen LogP contribution in [-0.2, 0) is 4.74 Å². The molecule has 0 fully saturated rings. The highest BCUT2D eigenvalue weighted by atomic mass is 19.3. The molecule has 4 nitrogen and oxygen atoms in total. The Morgan fingerprint density at radius 1 is 1.50 bits per heavy atom. The lowest BCUT2D eigenvalue weighted by molar-refractivity contribution is -0.165. The van der Waals surface area contributed by atoms with Gasteiger partial charge in [0.15, 0.2) is 5.96 Å². The van der Waals surface area contributed by atoms with E-state index in [0.29, 0.717) is 5.96 Å². The Bertz CT molecular complexity index is 286. The van der Waals surface area contributed by atoms with Crippen LogP contribution in [0.1, 0.15) is 6.42 Å². The lowest BCUT2D eigenvalue weighted by Gasteiger charge is -2.25. The maximum Gasteiger partial charge on any atom is 0.330 e. The minimum Gasteiger partial charge on any atom is -0.373 e. The van der Waals surface area contributed by atoms with Crippen LogP contribution in [0.3, 0.4) is 0 Å². The van der Waals surface area contributed by atoms with Gasteiger partial charge >= 0.3 is 12.3 Å². The number of nitrogens with one attached hydrogen (secondary N) is 1. The van der Waals surface area contributed by atoms with E-state index < -0.39 is 19.0 Å². The molecule has 0 saturated heterocycles. The average molecular weight is 271 g/mol. The van der Waals surface area contributed by atoms with E-state index in [1.807, 2.05) is 11.9 Å². The van der Waals surface area contributed by atoms with Crippen molar-refractivity contribution >= 4 is 5.96 Å². The van der Waals surface area contributed by atoms with Crippen molar-refractivity contribution < 1.29 is 22.3 Å². The summed E-state index contributed by atoms with van der Waals surface area (Å²) < 4.78 is 53.0. The molecule has 0 aromatic rings. The van der Waals surface area contributed by atoms with Crippen molar-refractivity contribution in [3.8, 4) is 0 Å². The molecule has 0 aromatic heterocycles. The smallest absolute Gasteiger partial charge is 0.330 e. The molecule has 1 heterocycles. The van der Waals surface area contributed by atoms with Gasteiger partial charge in [0.25, 0.3) is 0 Å². The number of hydrogen-bond acceptors (Lipinski definition) is 4. The van der Waals surface area contributed by atoms with Crippen LogP contribution in [0.2, 0.25) is 0 Å². The third-order valence-electron chi connectivity index (χ3n) is 2.42. The first kappa shape index (κ1) is 15.0. The van der Waals surface area contributed by atoms with Crippen molar-refractivity contribution in [2.75, 3.05) is 39.9 Å². The molecule has 1 rings (SSSR count). The molecule has 18 heavy (non-hydrogen) atoms.